The van der Waals surface area contributed by atoms with E-state index in [0.717, 1.165) is 16.7 Å². The highest BCUT2D eigenvalue weighted by atomic mass is 35.5. The molecule has 0 fully saturated rings. The van der Waals surface area contributed by atoms with Crippen LogP contribution in [0.2, 0.25) is 5.02 Å². The van der Waals surface area contributed by atoms with E-state index in [4.69, 9.17) is 21.1 Å². The van der Waals surface area contributed by atoms with Crippen molar-refractivity contribution >= 4 is 51.1 Å². The molecule has 0 radical (unpaired) electrons. The molecule has 0 spiro atoms. The van der Waals surface area contributed by atoms with E-state index in [2.05, 4.69) is 10.3 Å². The Morgan fingerprint density at radius 1 is 1.41 bits per heavy atom. The average molecular weight is 361 g/mol. The maximum atomic E-state index is 12.3. The van der Waals surface area contributed by atoms with Crippen LogP contribution in [-0.2, 0) is 4.79 Å². The number of carbonyl (C=O) groups excluding carboxylic acids is 1. The van der Waals surface area contributed by atoms with Crippen molar-refractivity contribution in [1.82, 2.24) is 0 Å². The van der Waals surface area contributed by atoms with Crippen molar-refractivity contribution in [3.63, 3.8) is 0 Å². The minimum atomic E-state index is -0.255. The first-order valence-electron chi connectivity index (χ1n) is 6.61. The van der Waals surface area contributed by atoms with Crippen LogP contribution in [0.5, 0.6) is 11.5 Å². The second-order valence-corrected chi connectivity index (χ2v) is 7.51. The molecule has 22 heavy (non-hydrogen) atoms. The summed E-state index contributed by atoms with van der Waals surface area (Å²) < 4.78 is 11.4. The molecule has 1 aliphatic heterocycles. The van der Waals surface area contributed by atoms with Gasteiger partial charge in [0.05, 0.1) is 36.7 Å². The van der Waals surface area contributed by atoms with Crippen LogP contribution < -0.4 is 14.8 Å². The fourth-order valence-corrected chi connectivity index (χ4v) is 4.15. The number of amides is 1. The van der Waals surface area contributed by atoms with Gasteiger partial charge in [-0.3, -0.25) is 9.79 Å². The molecular weight excluding hydrogens is 344 g/mol. The number of anilines is 1. The molecule has 1 atom stereocenters. The largest absolute Gasteiger partial charge is 0.495 e. The Labute approximate surface area is 143 Å². The number of thioether (sulfide) groups is 2. The van der Waals surface area contributed by atoms with Crippen LogP contribution in [0.4, 0.5) is 5.69 Å². The number of halogens is 1. The number of ether oxygens (including phenoxy) is 2. The third-order valence-corrected chi connectivity index (χ3v) is 5.54. The summed E-state index contributed by atoms with van der Waals surface area (Å²) in [6.07, 6.45) is 0. The summed E-state index contributed by atoms with van der Waals surface area (Å²) in [7, 11) is 3.05. The van der Waals surface area contributed by atoms with Gasteiger partial charge >= 0.3 is 0 Å². The van der Waals surface area contributed by atoms with Gasteiger partial charge in [0.2, 0.25) is 5.91 Å². The molecule has 1 heterocycles. The molecule has 1 unspecified atom stereocenters. The van der Waals surface area contributed by atoms with E-state index in [1.165, 1.54) is 26.0 Å². The minimum Gasteiger partial charge on any atom is -0.495 e. The molecule has 0 saturated heterocycles. The first kappa shape index (κ1) is 17.3. The Morgan fingerprint density at radius 2 is 2.14 bits per heavy atom. The summed E-state index contributed by atoms with van der Waals surface area (Å²) in [5.41, 5.74) is 0.520. The minimum absolute atomic E-state index is 0.125. The Kier molecular flexibility index (Phi) is 6.28. The Balaban J connectivity index is 2.08. The van der Waals surface area contributed by atoms with Crippen LogP contribution in [0.3, 0.4) is 0 Å². The number of rotatable bonds is 5. The van der Waals surface area contributed by atoms with Crippen molar-refractivity contribution in [3.05, 3.63) is 17.2 Å². The molecule has 1 N–H and O–H groups in total. The molecule has 5 nitrogen and oxygen atoms in total. The van der Waals surface area contributed by atoms with E-state index in [-0.39, 0.29) is 11.2 Å². The highest BCUT2D eigenvalue weighted by Crippen LogP contribution is 2.36. The van der Waals surface area contributed by atoms with Gasteiger partial charge in [-0.05, 0) is 13.0 Å². The topological polar surface area (TPSA) is 59.9 Å². The van der Waals surface area contributed by atoms with Crippen LogP contribution in [0.1, 0.15) is 6.92 Å². The highest BCUT2D eigenvalue weighted by Gasteiger charge is 2.20. The van der Waals surface area contributed by atoms with E-state index >= 15 is 0 Å². The molecule has 2 rings (SSSR count). The SMILES string of the molecule is COc1cc(OC)c(NC(=O)C(C)SC2=NCCS2)cc1Cl. The third kappa shape index (κ3) is 4.24. The van der Waals surface area contributed by atoms with Crippen LogP contribution in [0.25, 0.3) is 0 Å². The number of aliphatic imine (C=N–C) groups is 1. The van der Waals surface area contributed by atoms with E-state index in [9.17, 15) is 4.79 Å². The van der Waals surface area contributed by atoms with E-state index in [1.54, 1.807) is 23.9 Å². The second kappa shape index (κ2) is 7.99. The zero-order chi connectivity index (χ0) is 16.1. The summed E-state index contributed by atoms with van der Waals surface area (Å²) in [6.45, 7) is 2.67. The summed E-state index contributed by atoms with van der Waals surface area (Å²) in [5, 5.41) is 3.00. The summed E-state index contributed by atoms with van der Waals surface area (Å²) in [4.78, 5) is 16.6. The maximum Gasteiger partial charge on any atom is 0.237 e. The zero-order valence-corrected chi connectivity index (χ0v) is 14.9. The quantitative estimate of drug-likeness (QED) is 0.870. The van der Waals surface area contributed by atoms with Crippen LogP contribution in [0, 0.1) is 0 Å². The molecular formula is C14H17ClN2O3S2. The Hall–Kier alpha value is -1.05. The molecule has 0 aliphatic carbocycles. The monoisotopic (exact) mass is 360 g/mol. The molecule has 1 aromatic rings. The van der Waals surface area contributed by atoms with E-state index in [1.807, 2.05) is 6.92 Å². The van der Waals surface area contributed by atoms with Gasteiger partial charge in [-0.15, -0.1) is 0 Å². The molecule has 1 amide bonds. The predicted octanol–water partition coefficient (Wildman–Crippen LogP) is 3.52. The standard InChI is InChI=1S/C14H17ClN2O3S2/c1-8(22-14-16-4-5-21-14)13(18)17-10-6-9(15)11(19-2)7-12(10)20-3/h6-8H,4-5H2,1-3H3,(H,17,18). The summed E-state index contributed by atoms with van der Waals surface area (Å²) >= 11 is 9.24. The van der Waals surface area contributed by atoms with Crippen molar-refractivity contribution < 1.29 is 14.3 Å². The van der Waals surface area contributed by atoms with Gasteiger partial charge in [0.1, 0.15) is 15.9 Å². The average Bonchev–Trinajstić information content (AvgIpc) is 3.00. The van der Waals surface area contributed by atoms with Crippen LogP contribution in [0.15, 0.2) is 17.1 Å². The fourth-order valence-electron chi connectivity index (χ4n) is 1.78. The molecule has 1 aromatic carbocycles. The lowest BCUT2D eigenvalue weighted by atomic mass is 10.2. The van der Waals surface area contributed by atoms with Crippen molar-refractivity contribution in [3.8, 4) is 11.5 Å². The van der Waals surface area contributed by atoms with Gasteiger partial charge in [-0.1, -0.05) is 35.1 Å². The van der Waals surface area contributed by atoms with Crippen molar-refractivity contribution in [2.24, 2.45) is 4.99 Å². The Bertz CT molecular complexity index is 596. The van der Waals surface area contributed by atoms with Crippen LogP contribution >= 0.6 is 35.1 Å². The van der Waals surface area contributed by atoms with E-state index < -0.39 is 0 Å². The first-order chi connectivity index (χ1) is 10.5. The lowest BCUT2D eigenvalue weighted by Crippen LogP contribution is -2.23. The number of nitrogens with one attached hydrogen (secondary N) is 1. The van der Waals surface area contributed by atoms with Crippen molar-refractivity contribution in [2.45, 2.75) is 12.2 Å². The number of methoxy groups -OCH3 is 2. The molecule has 0 aromatic heterocycles. The molecule has 1 aliphatic rings. The number of hydrogen-bond acceptors (Lipinski definition) is 6. The van der Waals surface area contributed by atoms with E-state index in [0.29, 0.717) is 22.2 Å². The number of nitrogens with zero attached hydrogens (tertiary/aromatic N) is 1. The lowest BCUT2D eigenvalue weighted by Gasteiger charge is -2.15. The highest BCUT2D eigenvalue weighted by molar-refractivity contribution is 8.39. The van der Waals surface area contributed by atoms with Gasteiger partial charge < -0.3 is 14.8 Å². The zero-order valence-electron chi connectivity index (χ0n) is 12.5. The summed E-state index contributed by atoms with van der Waals surface area (Å²) in [6, 6.07) is 3.27. The van der Waals surface area contributed by atoms with Crippen molar-refractivity contribution in [1.29, 1.82) is 0 Å². The molecule has 8 heteroatoms. The first-order valence-corrected chi connectivity index (χ1v) is 8.85. The predicted molar refractivity (Wildman–Crippen MR) is 95.0 cm³/mol. The number of benzene rings is 1. The van der Waals surface area contributed by atoms with Gasteiger partial charge in [0.15, 0.2) is 0 Å². The van der Waals surface area contributed by atoms with Gasteiger partial charge in [0.25, 0.3) is 0 Å². The smallest absolute Gasteiger partial charge is 0.237 e. The summed E-state index contributed by atoms with van der Waals surface area (Å²) in [5.74, 6) is 1.85. The molecule has 120 valence electrons. The second-order valence-electron chi connectivity index (χ2n) is 4.43. The fraction of sp³-hybridized carbons (Fsp3) is 0.429. The van der Waals surface area contributed by atoms with Gasteiger partial charge in [0, 0.05) is 11.8 Å². The lowest BCUT2D eigenvalue weighted by molar-refractivity contribution is -0.115. The van der Waals surface area contributed by atoms with Gasteiger partial charge in [-0.2, -0.15) is 0 Å². The van der Waals surface area contributed by atoms with Gasteiger partial charge in [-0.25, -0.2) is 0 Å². The number of hydrogen-bond donors (Lipinski definition) is 1. The number of carbonyl (C=O) groups is 1. The molecule has 0 saturated carbocycles. The Morgan fingerprint density at radius 3 is 2.73 bits per heavy atom. The van der Waals surface area contributed by atoms with Crippen LogP contribution in [-0.4, -0.2) is 42.1 Å². The maximum absolute atomic E-state index is 12.3. The third-order valence-electron chi connectivity index (χ3n) is 2.94. The van der Waals surface area contributed by atoms with Crippen molar-refractivity contribution in [2.75, 3.05) is 31.8 Å². The normalized spacial score (nSPS) is 15.2. The molecule has 0 bridgehead atoms.